The maximum Gasteiger partial charge on any atom is 0.0594 e. The molecule has 0 spiro atoms. The van der Waals surface area contributed by atoms with Crippen LogP contribution >= 0.6 is 0 Å². The van der Waals surface area contributed by atoms with E-state index < -0.39 is 0 Å². The molecule has 2 aromatic carbocycles. The third-order valence-corrected chi connectivity index (χ3v) is 4.15. The molecule has 0 saturated carbocycles. The van der Waals surface area contributed by atoms with Gasteiger partial charge in [-0.25, -0.2) is 0 Å². The van der Waals surface area contributed by atoms with Crippen LogP contribution in [0.1, 0.15) is 25.0 Å². The Labute approximate surface area is 144 Å². The Kier molecular flexibility index (Phi) is 5.68. The molecule has 3 heteroatoms. The van der Waals surface area contributed by atoms with Gasteiger partial charge in [0.2, 0.25) is 0 Å². The fraction of sp³-hybridized carbons (Fsp3) is 0.333. The Bertz CT molecular complexity index is 762. The van der Waals surface area contributed by atoms with E-state index in [4.69, 9.17) is 4.74 Å². The van der Waals surface area contributed by atoms with Gasteiger partial charge in [0, 0.05) is 36.7 Å². The molecule has 3 rings (SSSR count). The van der Waals surface area contributed by atoms with Gasteiger partial charge in [-0.1, -0.05) is 42.5 Å². The molecule has 24 heavy (non-hydrogen) atoms. The molecule has 0 radical (unpaired) electrons. The lowest BCUT2D eigenvalue weighted by Gasteiger charge is -2.10. The van der Waals surface area contributed by atoms with Gasteiger partial charge in [-0.2, -0.15) is 0 Å². The zero-order valence-corrected chi connectivity index (χ0v) is 14.5. The van der Waals surface area contributed by atoms with Crippen molar-refractivity contribution in [3.8, 4) is 0 Å². The predicted molar refractivity (Wildman–Crippen MR) is 100 cm³/mol. The zero-order chi connectivity index (χ0) is 16.8. The van der Waals surface area contributed by atoms with E-state index in [1.54, 1.807) is 0 Å². The highest BCUT2D eigenvalue weighted by molar-refractivity contribution is 5.83. The van der Waals surface area contributed by atoms with Crippen LogP contribution in [0.5, 0.6) is 0 Å². The first-order chi connectivity index (χ1) is 11.7. The molecule has 1 heterocycles. The predicted octanol–water partition coefficient (Wildman–Crippen LogP) is 4.20. The summed E-state index contributed by atoms with van der Waals surface area (Å²) < 4.78 is 7.89. The number of fused-ring (bicyclic) bond motifs is 1. The number of nitrogens with zero attached hydrogens (tertiary/aromatic N) is 1. The molecule has 0 fully saturated rings. The average molecular weight is 322 g/mol. The van der Waals surface area contributed by atoms with E-state index in [2.05, 4.69) is 84.5 Å². The topological polar surface area (TPSA) is 26.2 Å². The average Bonchev–Trinajstić information content (AvgIpc) is 2.99. The van der Waals surface area contributed by atoms with Crippen LogP contribution in [0.4, 0.5) is 0 Å². The first-order valence-corrected chi connectivity index (χ1v) is 8.67. The molecule has 0 aliphatic heterocycles. The number of rotatable bonds is 8. The Hall–Kier alpha value is -2.10. The van der Waals surface area contributed by atoms with Crippen LogP contribution in [0.15, 0.2) is 60.8 Å². The van der Waals surface area contributed by atoms with E-state index in [0.717, 1.165) is 26.2 Å². The van der Waals surface area contributed by atoms with E-state index in [0.29, 0.717) is 6.10 Å². The van der Waals surface area contributed by atoms with Crippen molar-refractivity contribution >= 4 is 10.9 Å². The van der Waals surface area contributed by atoms with E-state index in [1.165, 1.54) is 22.0 Å². The molecule has 0 aliphatic rings. The molecule has 0 bridgehead atoms. The summed E-state index contributed by atoms with van der Waals surface area (Å²) in [5.41, 5.74) is 3.95. The lowest BCUT2D eigenvalue weighted by molar-refractivity contribution is 0.0807. The van der Waals surface area contributed by atoms with Crippen LogP contribution in [0.3, 0.4) is 0 Å². The minimum absolute atomic E-state index is 0.294. The smallest absolute Gasteiger partial charge is 0.0594 e. The molecule has 0 saturated heterocycles. The SMILES string of the molecule is CC(C)OCCNCc1cccc2c1ccn2Cc1ccccc1. The van der Waals surface area contributed by atoms with Gasteiger partial charge >= 0.3 is 0 Å². The number of hydrogen-bond acceptors (Lipinski definition) is 2. The molecule has 1 aromatic heterocycles. The Morgan fingerprint density at radius 3 is 2.62 bits per heavy atom. The van der Waals surface area contributed by atoms with Gasteiger partial charge in [0.1, 0.15) is 0 Å². The number of benzene rings is 2. The summed E-state index contributed by atoms with van der Waals surface area (Å²) >= 11 is 0. The van der Waals surface area contributed by atoms with E-state index in [-0.39, 0.29) is 0 Å². The Morgan fingerprint density at radius 2 is 1.83 bits per heavy atom. The summed E-state index contributed by atoms with van der Waals surface area (Å²) in [6, 6.07) is 19.4. The highest BCUT2D eigenvalue weighted by Gasteiger charge is 2.06. The van der Waals surface area contributed by atoms with Crippen molar-refractivity contribution in [2.24, 2.45) is 0 Å². The van der Waals surface area contributed by atoms with Gasteiger partial charge in [0.15, 0.2) is 0 Å². The summed E-state index contributed by atoms with van der Waals surface area (Å²) in [6.07, 6.45) is 2.48. The summed E-state index contributed by atoms with van der Waals surface area (Å²) in [5, 5.41) is 4.80. The summed E-state index contributed by atoms with van der Waals surface area (Å²) in [5.74, 6) is 0. The number of nitrogens with one attached hydrogen (secondary N) is 1. The first kappa shape index (κ1) is 16.7. The number of ether oxygens (including phenoxy) is 1. The minimum atomic E-state index is 0.294. The molecule has 0 aliphatic carbocycles. The quantitative estimate of drug-likeness (QED) is 0.629. The highest BCUT2D eigenvalue weighted by Crippen LogP contribution is 2.21. The zero-order valence-electron chi connectivity index (χ0n) is 14.5. The molecule has 3 nitrogen and oxygen atoms in total. The molecule has 1 N–H and O–H groups in total. The van der Waals surface area contributed by atoms with Gasteiger partial charge in [-0.3, -0.25) is 0 Å². The van der Waals surface area contributed by atoms with E-state index in [9.17, 15) is 0 Å². The van der Waals surface area contributed by atoms with Crippen molar-refractivity contribution in [1.29, 1.82) is 0 Å². The molecular formula is C21H26N2O. The van der Waals surface area contributed by atoms with Crippen LogP contribution < -0.4 is 5.32 Å². The van der Waals surface area contributed by atoms with Crippen molar-refractivity contribution in [1.82, 2.24) is 9.88 Å². The van der Waals surface area contributed by atoms with Crippen LogP contribution in [0.2, 0.25) is 0 Å². The van der Waals surface area contributed by atoms with Crippen molar-refractivity contribution in [3.63, 3.8) is 0 Å². The van der Waals surface area contributed by atoms with Gasteiger partial charge in [-0.05, 0) is 37.1 Å². The normalized spacial score (nSPS) is 11.5. The molecule has 0 amide bonds. The molecular weight excluding hydrogens is 296 g/mol. The minimum Gasteiger partial charge on any atom is -0.377 e. The van der Waals surface area contributed by atoms with E-state index >= 15 is 0 Å². The lowest BCUT2D eigenvalue weighted by Crippen LogP contribution is -2.21. The first-order valence-electron chi connectivity index (χ1n) is 8.67. The second-order valence-corrected chi connectivity index (χ2v) is 6.38. The monoisotopic (exact) mass is 322 g/mol. The number of hydrogen-bond donors (Lipinski definition) is 1. The third kappa shape index (κ3) is 4.25. The van der Waals surface area contributed by atoms with Crippen LogP contribution in [0, 0.1) is 0 Å². The molecule has 0 unspecified atom stereocenters. The maximum absolute atomic E-state index is 5.57. The molecule has 3 aromatic rings. The van der Waals surface area contributed by atoms with Gasteiger partial charge < -0.3 is 14.6 Å². The Balaban J connectivity index is 1.67. The fourth-order valence-corrected chi connectivity index (χ4v) is 2.95. The van der Waals surface area contributed by atoms with Crippen LogP contribution in [0.25, 0.3) is 10.9 Å². The van der Waals surface area contributed by atoms with Crippen molar-refractivity contribution in [3.05, 3.63) is 71.9 Å². The highest BCUT2D eigenvalue weighted by atomic mass is 16.5. The number of aromatic nitrogens is 1. The van der Waals surface area contributed by atoms with E-state index in [1.807, 2.05) is 0 Å². The van der Waals surface area contributed by atoms with Crippen molar-refractivity contribution < 1.29 is 4.74 Å². The maximum atomic E-state index is 5.57. The molecule has 126 valence electrons. The summed E-state index contributed by atoms with van der Waals surface area (Å²) in [7, 11) is 0. The van der Waals surface area contributed by atoms with Crippen molar-refractivity contribution in [2.45, 2.75) is 33.0 Å². The second kappa shape index (κ2) is 8.13. The fourth-order valence-electron chi connectivity index (χ4n) is 2.95. The van der Waals surface area contributed by atoms with Gasteiger partial charge in [0.25, 0.3) is 0 Å². The van der Waals surface area contributed by atoms with Crippen molar-refractivity contribution in [2.75, 3.05) is 13.2 Å². The van der Waals surface area contributed by atoms with Crippen LogP contribution in [-0.2, 0) is 17.8 Å². The van der Waals surface area contributed by atoms with Gasteiger partial charge in [0.05, 0.1) is 12.7 Å². The Morgan fingerprint density at radius 1 is 1.00 bits per heavy atom. The van der Waals surface area contributed by atoms with Gasteiger partial charge in [-0.15, -0.1) is 0 Å². The standard InChI is InChI=1S/C21H26N2O/c1-17(2)24-14-12-22-15-19-9-6-10-21-20(19)11-13-23(21)16-18-7-4-3-5-8-18/h3-11,13,17,22H,12,14-16H2,1-2H3. The third-order valence-electron chi connectivity index (χ3n) is 4.15. The largest absolute Gasteiger partial charge is 0.377 e. The summed E-state index contributed by atoms with van der Waals surface area (Å²) in [6.45, 7) is 7.53. The second-order valence-electron chi connectivity index (χ2n) is 6.38. The summed E-state index contributed by atoms with van der Waals surface area (Å²) in [4.78, 5) is 0. The molecule has 0 atom stereocenters. The lowest BCUT2D eigenvalue weighted by atomic mass is 10.1. The van der Waals surface area contributed by atoms with Crippen LogP contribution in [-0.4, -0.2) is 23.8 Å².